The summed E-state index contributed by atoms with van der Waals surface area (Å²) in [5, 5.41) is 10.6. The molecule has 2 fully saturated rings. The lowest BCUT2D eigenvalue weighted by Gasteiger charge is -2.39. The third kappa shape index (κ3) is 5.24. The number of rotatable bonds is 8. The van der Waals surface area contributed by atoms with E-state index in [0.29, 0.717) is 26.1 Å². The van der Waals surface area contributed by atoms with Gasteiger partial charge >= 0.3 is 0 Å². The average molecular weight is 664 g/mol. The first kappa shape index (κ1) is 32.2. The molecule has 0 radical (unpaired) electrons. The largest absolute Gasteiger partial charge is 0.494 e. The molecule has 0 aliphatic carbocycles. The van der Waals surface area contributed by atoms with Crippen molar-refractivity contribution in [1.82, 2.24) is 4.90 Å². The number of nitrogens with zero attached hydrogens (tertiary/aromatic N) is 3. The molecular weight excluding hydrogens is 623 g/mol. The van der Waals surface area contributed by atoms with Crippen molar-refractivity contribution in [3.05, 3.63) is 114 Å². The van der Waals surface area contributed by atoms with Crippen molar-refractivity contribution in [3.63, 3.8) is 0 Å². The number of amides is 3. The summed E-state index contributed by atoms with van der Waals surface area (Å²) >= 11 is 1.55. The zero-order chi connectivity index (χ0) is 33.6. The van der Waals surface area contributed by atoms with E-state index in [2.05, 4.69) is 0 Å². The number of hydrogen-bond acceptors (Lipinski definition) is 6. The normalized spacial score (nSPS) is 27.0. The van der Waals surface area contributed by atoms with Crippen molar-refractivity contribution in [2.45, 2.75) is 49.3 Å². The van der Waals surface area contributed by atoms with Gasteiger partial charge in [-0.3, -0.25) is 14.4 Å². The van der Waals surface area contributed by atoms with E-state index >= 15 is 9.59 Å². The topological polar surface area (TPSA) is 90.4 Å². The predicted molar refractivity (Wildman–Crippen MR) is 189 cm³/mol. The van der Waals surface area contributed by atoms with E-state index in [1.54, 1.807) is 26.5 Å². The highest BCUT2D eigenvalue weighted by Crippen LogP contribution is 2.61. The molecule has 48 heavy (non-hydrogen) atoms. The fourth-order valence-electron chi connectivity index (χ4n) is 8.16. The van der Waals surface area contributed by atoms with Crippen LogP contribution in [0.15, 0.2) is 97.1 Å². The van der Waals surface area contributed by atoms with Gasteiger partial charge in [0, 0.05) is 29.7 Å². The molecule has 9 heteroatoms. The Labute approximate surface area is 286 Å². The van der Waals surface area contributed by atoms with Gasteiger partial charge < -0.3 is 24.5 Å². The van der Waals surface area contributed by atoms with Crippen LogP contribution in [-0.2, 0) is 20.8 Å². The van der Waals surface area contributed by atoms with E-state index in [1.807, 2.05) is 118 Å². The van der Waals surface area contributed by atoms with Gasteiger partial charge in [0.1, 0.15) is 11.8 Å². The van der Waals surface area contributed by atoms with Crippen molar-refractivity contribution in [1.29, 1.82) is 0 Å². The molecule has 3 aromatic carbocycles. The molecule has 1 spiro atoms. The third-order valence-electron chi connectivity index (χ3n) is 10.2. The number of likely N-dealkylation sites (tertiary alicyclic amines) is 1. The van der Waals surface area contributed by atoms with E-state index in [0.717, 1.165) is 33.8 Å². The number of aliphatic hydroxyl groups is 1. The van der Waals surface area contributed by atoms with Crippen molar-refractivity contribution in [3.8, 4) is 5.75 Å². The molecule has 8 nitrogen and oxygen atoms in total. The van der Waals surface area contributed by atoms with Gasteiger partial charge in [-0.05, 0) is 68.1 Å². The Kier molecular flexibility index (Phi) is 8.68. The number of hydrogen-bond donors (Lipinski definition) is 1. The van der Waals surface area contributed by atoms with Crippen molar-refractivity contribution >= 4 is 40.9 Å². The van der Waals surface area contributed by atoms with Gasteiger partial charge in [0.15, 0.2) is 0 Å². The second kappa shape index (κ2) is 12.9. The number of anilines is 2. The zero-order valence-corrected chi connectivity index (χ0v) is 28.3. The van der Waals surface area contributed by atoms with E-state index in [-0.39, 0.29) is 29.6 Å². The van der Waals surface area contributed by atoms with Gasteiger partial charge in [0.25, 0.3) is 5.91 Å². The number of carbonyl (C=O) groups is 3. The van der Waals surface area contributed by atoms with Crippen LogP contribution in [0.1, 0.15) is 23.6 Å². The smallest absolute Gasteiger partial charge is 0.251 e. The lowest BCUT2D eigenvalue weighted by Crippen LogP contribution is -2.57. The summed E-state index contributed by atoms with van der Waals surface area (Å²) in [7, 11) is 0. The quantitative estimate of drug-likeness (QED) is 0.337. The molecule has 4 heterocycles. The highest BCUT2D eigenvalue weighted by atomic mass is 32.2. The molecule has 1 unspecified atom stereocenters. The second-order valence-corrected chi connectivity index (χ2v) is 14.5. The second-order valence-electron chi connectivity index (χ2n) is 13.0. The van der Waals surface area contributed by atoms with E-state index in [1.165, 1.54) is 0 Å². The highest BCUT2D eigenvalue weighted by molar-refractivity contribution is 8.02. The minimum atomic E-state index is -0.999. The van der Waals surface area contributed by atoms with Crippen LogP contribution in [0.3, 0.4) is 0 Å². The molecule has 3 aromatic rings. The molecule has 7 rings (SSSR count). The Morgan fingerprint density at radius 1 is 0.875 bits per heavy atom. The average Bonchev–Trinajstić information content (AvgIpc) is 3.41. The van der Waals surface area contributed by atoms with Crippen LogP contribution in [0.2, 0.25) is 0 Å². The summed E-state index contributed by atoms with van der Waals surface area (Å²) < 4.78 is 4.63. The summed E-state index contributed by atoms with van der Waals surface area (Å²) in [6.07, 6.45) is 8.45. The first-order valence-corrected chi connectivity index (χ1v) is 17.6. The van der Waals surface area contributed by atoms with Crippen LogP contribution in [0.25, 0.3) is 0 Å². The van der Waals surface area contributed by atoms with Crippen LogP contribution in [0, 0.1) is 25.7 Å². The Hall–Kier alpha value is -4.34. The molecular formula is C39H41N3O5S. The monoisotopic (exact) mass is 663 g/mol. The van der Waals surface area contributed by atoms with Crippen LogP contribution in [0.5, 0.6) is 5.75 Å². The van der Waals surface area contributed by atoms with Gasteiger partial charge in [0.2, 0.25) is 11.8 Å². The van der Waals surface area contributed by atoms with E-state index < -0.39 is 28.7 Å². The lowest BCUT2D eigenvalue weighted by atomic mass is 9.78. The number of benzene rings is 3. The zero-order valence-electron chi connectivity index (χ0n) is 27.5. The molecule has 0 aromatic heterocycles. The standard InChI is InChI=1S/C39H41N3O5S/c1-4-47-30-18-16-28(17-19-30)40-21-9-15-31-32(36(40)44)33-37(45)42(29(24-43)23-27-13-6-5-7-14-27)35-38(46)41(22-10-20-39(33,35)48-31)34-25(2)11-8-12-26(34)3/h5-20,29,31-33,35,43H,4,21-24H2,1-3H3/t29-,31+,32-,33+,35?,39+/m1/s1. The number of para-hydroxylation sites is 1. The Balaban J connectivity index is 1.33. The number of carbonyl (C=O) groups excluding carboxylic acids is 3. The van der Waals surface area contributed by atoms with Crippen molar-refractivity contribution in [2.24, 2.45) is 11.8 Å². The fraction of sp³-hybridized carbons (Fsp3) is 0.359. The van der Waals surface area contributed by atoms with Crippen LogP contribution < -0.4 is 14.5 Å². The molecule has 6 atom stereocenters. The van der Waals surface area contributed by atoms with Crippen LogP contribution in [0.4, 0.5) is 11.4 Å². The Morgan fingerprint density at radius 2 is 1.58 bits per heavy atom. The van der Waals surface area contributed by atoms with Gasteiger partial charge in [0.05, 0.1) is 35.8 Å². The van der Waals surface area contributed by atoms with Gasteiger partial charge in [-0.1, -0.05) is 72.8 Å². The first-order chi connectivity index (χ1) is 23.3. The molecule has 248 valence electrons. The summed E-state index contributed by atoms with van der Waals surface area (Å²) in [6.45, 7) is 6.87. The maximum Gasteiger partial charge on any atom is 0.251 e. The van der Waals surface area contributed by atoms with E-state index in [4.69, 9.17) is 4.74 Å². The molecule has 0 saturated carbocycles. The van der Waals surface area contributed by atoms with Crippen LogP contribution in [-0.4, -0.2) is 76.1 Å². The van der Waals surface area contributed by atoms with E-state index in [9.17, 15) is 9.90 Å². The number of aliphatic hydroxyl groups excluding tert-OH is 1. The minimum absolute atomic E-state index is 0.141. The SMILES string of the molecule is CCOc1ccc(N2CC=C[C@@H]3S[C@]45C=CCN(c6c(C)cccc6C)C(=O)C4N([C@@H](CO)Cc4ccccc4)C(=O)[C@@H]5[C@@H]3C2=O)cc1. The molecule has 4 aliphatic rings. The number of thioether (sulfide) groups is 1. The first-order valence-electron chi connectivity index (χ1n) is 16.7. The molecule has 3 amide bonds. The highest BCUT2D eigenvalue weighted by Gasteiger charge is 2.72. The number of fused-ring (bicyclic) bond motifs is 2. The summed E-state index contributed by atoms with van der Waals surface area (Å²) in [6, 6.07) is 21.6. The summed E-state index contributed by atoms with van der Waals surface area (Å²) in [4.78, 5) is 50.0. The Bertz CT molecular complexity index is 1760. The van der Waals surface area contributed by atoms with Gasteiger partial charge in [-0.25, -0.2) is 0 Å². The third-order valence-corrected chi connectivity index (χ3v) is 11.9. The van der Waals surface area contributed by atoms with Crippen molar-refractivity contribution < 1.29 is 24.2 Å². The summed E-state index contributed by atoms with van der Waals surface area (Å²) in [5.41, 5.74) is 4.45. The minimum Gasteiger partial charge on any atom is -0.494 e. The molecule has 2 saturated heterocycles. The summed E-state index contributed by atoms with van der Waals surface area (Å²) in [5.74, 6) is -1.35. The molecule has 4 aliphatic heterocycles. The maximum absolute atomic E-state index is 15.1. The van der Waals surface area contributed by atoms with Gasteiger partial charge in [-0.2, -0.15) is 0 Å². The Morgan fingerprint density at radius 3 is 2.27 bits per heavy atom. The van der Waals surface area contributed by atoms with Crippen LogP contribution >= 0.6 is 11.8 Å². The fourth-order valence-corrected chi connectivity index (χ4v) is 10.2. The number of ether oxygens (including phenoxy) is 1. The number of aryl methyl sites for hydroxylation is 2. The van der Waals surface area contributed by atoms with Gasteiger partial charge in [-0.15, -0.1) is 11.8 Å². The molecule has 1 N–H and O–H groups in total. The van der Waals surface area contributed by atoms with Crippen molar-refractivity contribution in [2.75, 3.05) is 36.1 Å². The molecule has 0 bridgehead atoms. The predicted octanol–water partition coefficient (Wildman–Crippen LogP) is 5.11. The lowest BCUT2D eigenvalue weighted by molar-refractivity contribution is -0.141. The maximum atomic E-state index is 15.1.